The molecule has 0 aliphatic rings. The van der Waals surface area contributed by atoms with Crippen molar-refractivity contribution in [1.82, 2.24) is 5.32 Å². The molecule has 0 heterocycles. The second kappa shape index (κ2) is 17.4. The Balaban J connectivity index is 0. The smallest absolute Gasteiger partial charge is 0.320 e. The summed E-state index contributed by atoms with van der Waals surface area (Å²) in [7, 11) is -0.331. The SMILES string of the molecule is CCCCCCCCNC.CCO[P+](=O)O. The summed E-state index contributed by atoms with van der Waals surface area (Å²) in [6.45, 7) is 5.40. The topological polar surface area (TPSA) is 58.6 Å². The van der Waals surface area contributed by atoms with E-state index in [-0.39, 0.29) is 0 Å². The van der Waals surface area contributed by atoms with Gasteiger partial charge in [-0.2, -0.15) is 0 Å². The molecule has 1 atom stereocenters. The fourth-order valence-electron chi connectivity index (χ4n) is 1.19. The van der Waals surface area contributed by atoms with E-state index >= 15 is 0 Å². The Labute approximate surface area is 101 Å². The van der Waals surface area contributed by atoms with E-state index in [4.69, 9.17) is 4.89 Å². The van der Waals surface area contributed by atoms with E-state index in [2.05, 4.69) is 16.8 Å². The molecule has 0 spiro atoms. The predicted molar refractivity (Wildman–Crippen MR) is 68.8 cm³/mol. The maximum Gasteiger partial charge on any atom is 0.694 e. The Kier molecular flexibility index (Phi) is 19.9. The lowest BCUT2D eigenvalue weighted by Gasteiger charge is -1.98. The first kappa shape index (κ1) is 18.3. The lowest BCUT2D eigenvalue weighted by atomic mass is 10.1. The van der Waals surface area contributed by atoms with Gasteiger partial charge in [-0.25, -0.2) is 0 Å². The van der Waals surface area contributed by atoms with Gasteiger partial charge in [-0.1, -0.05) is 39.0 Å². The van der Waals surface area contributed by atoms with Gasteiger partial charge in [0.15, 0.2) is 0 Å². The Hall–Kier alpha value is -0.0200. The van der Waals surface area contributed by atoms with Crippen molar-refractivity contribution in [2.24, 2.45) is 0 Å². The van der Waals surface area contributed by atoms with Gasteiger partial charge in [0.2, 0.25) is 0 Å². The van der Waals surface area contributed by atoms with Crippen molar-refractivity contribution >= 4 is 8.25 Å². The average molecular weight is 252 g/mol. The molecule has 98 valence electrons. The van der Waals surface area contributed by atoms with Gasteiger partial charge >= 0.3 is 8.25 Å². The normalized spacial score (nSPS) is 10.6. The van der Waals surface area contributed by atoms with Gasteiger partial charge in [-0.15, -0.1) is 9.42 Å². The fraction of sp³-hybridized carbons (Fsp3) is 1.00. The van der Waals surface area contributed by atoms with Gasteiger partial charge in [0.05, 0.1) is 0 Å². The molecule has 2 N–H and O–H groups in total. The van der Waals surface area contributed by atoms with Crippen LogP contribution in [-0.4, -0.2) is 25.1 Å². The summed E-state index contributed by atoms with van der Waals surface area (Å²) >= 11 is 0. The van der Waals surface area contributed by atoms with E-state index in [9.17, 15) is 4.57 Å². The molecule has 5 heteroatoms. The molecule has 0 saturated heterocycles. The minimum absolute atomic E-state index is 0.297. The van der Waals surface area contributed by atoms with Crippen molar-refractivity contribution in [2.45, 2.75) is 52.4 Å². The zero-order valence-electron chi connectivity index (χ0n) is 10.9. The fourth-order valence-corrected chi connectivity index (χ4v) is 1.41. The number of unbranched alkanes of at least 4 members (excludes halogenated alkanes) is 5. The van der Waals surface area contributed by atoms with E-state index in [1.54, 1.807) is 6.92 Å². The second-order valence-corrected chi connectivity index (χ2v) is 4.26. The summed E-state index contributed by atoms with van der Waals surface area (Å²) in [5.74, 6) is 0. The maximum atomic E-state index is 9.53. The Morgan fingerprint density at radius 2 is 1.69 bits per heavy atom. The molecule has 0 aromatic carbocycles. The van der Waals surface area contributed by atoms with Crippen LogP contribution in [0, 0.1) is 0 Å². The highest BCUT2D eigenvalue weighted by Gasteiger charge is 2.06. The molecule has 0 aliphatic carbocycles. The van der Waals surface area contributed by atoms with Gasteiger partial charge in [0, 0.05) is 4.57 Å². The molecule has 0 fully saturated rings. The molecule has 0 saturated carbocycles. The molecule has 1 unspecified atom stereocenters. The van der Waals surface area contributed by atoms with Gasteiger partial charge < -0.3 is 5.32 Å². The molecule has 0 aliphatic heterocycles. The van der Waals surface area contributed by atoms with Crippen molar-refractivity contribution < 1.29 is 14.0 Å². The Morgan fingerprint density at radius 3 is 2.06 bits per heavy atom. The van der Waals surface area contributed by atoms with Crippen LogP contribution in [0.2, 0.25) is 0 Å². The highest BCUT2D eigenvalue weighted by molar-refractivity contribution is 7.32. The maximum absolute atomic E-state index is 9.53. The molecule has 0 aromatic heterocycles. The first-order valence-corrected chi connectivity index (χ1v) is 7.25. The van der Waals surface area contributed by atoms with E-state index in [0.717, 1.165) is 0 Å². The predicted octanol–water partition coefficient (Wildman–Crippen LogP) is 3.24. The molecular formula is C11H27NO3P+. The third-order valence-corrected chi connectivity index (χ3v) is 2.50. The van der Waals surface area contributed by atoms with Crippen LogP contribution in [0.1, 0.15) is 52.4 Å². The van der Waals surface area contributed by atoms with E-state index in [0.29, 0.717) is 6.61 Å². The third kappa shape index (κ3) is 23.6. The van der Waals surface area contributed by atoms with Crippen LogP contribution in [0.5, 0.6) is 0 Å². The molecule has 4 nitrogen and oxygen atoms in total. The van der Waals surface area contributed by atoms with Crippen molar-refractivity contribution in [3.05, 3.63) is 0 Å². The van der Waals surface area contributed by atoms with Crippen LogP contribution in [-0.2, 0) is 9.09 Å². The number of hydrogen-bond acceptors (Lipinski definition) is 3. The lowest BCUT2D eigenvalue weighted by molar-refractivity contribution is 0.297. The van der Waals surface area contributed by atoms with Crippen LogP contribution >= 0.6 is 8.25 Å². The molecule has 16 heavy (non-hydrogen) atoms. The molecule has 0 amide bonds. The molecular weight excluding hydrogens is 225 g/mol. The number of hydrogen-bond donors (Lipinski definition) is 2. The minimum Gasteiger partial charge on any atom is -0.320 e. The first-order valence-electron chi connectivity index (χ1n) is 6.12. The van der Waals surface area contributed by atoms with Crippen molar-refractivity contribution in [3.63, 3.8) is 0 Å². The van der Waals surface area contributed by atoms with Crippen LogP contribution < -0.4 is 5.32 Å². The van der Waals surface area contributed by atoms with Crippen LogP contribution in [0.25, 0.3) is 0 Å². The standard InChI is InChI=1S/C9H21N.C2H5O3P/c1-3-4-5-6-7-8-9-10-2;1-2-5-6(3)4/h10H,3-9H2,1-2H3;2H2,1H3/p+1. The number of rotatable bonds is 9. The molecule has 0 rings (SSSR count). The lowest BCUT2D eigenvalue weighted by Crippen LogP contribution is -2.06. The van der Waals surface area contributed by atoms with E-state index in [1.165, 1.54) is 45.1 Å². The monoisotopic (exact) mass is 252 g/mol. The summed E-state index contributed by atoms with van der Waals surface area (Å²) < 4.78 is 13.6. The largest absolute Gasteiger partial charge is 0.694 e. The van der Waals surface area contributed by atoms with Gasteiger partial charge in [-0.3, -0.25) is 0 Å². The zero-order chi connectivity index (χ0) is 12.6. The minimum atomic E-state index is -2.35. The van der Waals surface area contributed by atoms with Gasteiger partial charge in [0.1, 0.15) is 6.61 Å². The molecule has 0 bridgehead atoms. The highest BCUT2D eigenvalue weighted by Crippen LogP contribution is 2.12. The van der Waals surface area contributed by atoms with Gasteiger partial charge in [-0.05, 0) is 26.9 Å². The molecule has 0 aromatic rings. The summed E-state index contributed by atoms with van der Waals surface area (Å²) in [5.41, 5.74) is 0. The molecule has 0 radical (unpaired) electrons. The summed E-state index contributed by atoms with van der Waals surface area (Å²) in [6, 6.07) is 0. The third-order valence-electron chi connectivity index (χ3n) is 2.02. The van der Waals surface area contributed by atoms with Crippen molar-refractivity contribution in [2.75, 3.05) is 20.2 Å². The van der Waals surface area contributed by atoms with Crippen molar-refractivity contribution in [1.29, 1.82) is 0 Å². The summed E-state index contributed by atoms with van der Waals surface area (Å²) in [4.78, 5) is 7.84. The Morgan fingerprint density at radius 1 is 1.12 bits per heavy atom. The van der Waals surface area contributed by atoms with Gasteiger partial charge in [0.25, 0.3) is 0 Å². The second-order valence-electron chi connectivity index (χ2n) is 3.53. The van der Waals surface area contributed by atoms with Crippen LogP contribution in [0.3, 0.4) is 0 Å². The van der Waals surface area contributed by atoms with Crippen molar-refractivity contribution in [3.8, 4) is 0 Å². The zero-order valence-corrected chi connectivity index (χ0v) is 11.8. The summed E-state index contributed by atoms with van der Waals surface area (Å²) in [5, 5.41) is 3.16. The number of nitrogens with one attached hydrogen (secondary N) is 1. The van der Waals surface area contributed by atoms with Crippen LogP contribution in [0.15, 0.2) is 0 Å². The quantitative estimate of drug-likeness (QED) is 0.488. The Bertz CT molecular complexity index is 137. The first-order chi connectivity index (χ1) is 7.68. The van der Waals surface area contributed by atoms with E-state index in [1.807, 2.05) is 7.05 Å². The highest BCUT2D eigenvalue weighted by atomic mass is 31.1. The average Bonchev–Trinajstić information content (AvgIpc) is 2.24. The van der Waals surface area contributed by atoms with E-state index < -0.39 is 8.25 Å². The van der Waals surface area contributed by atoms with Crippen LogP contribution in [0.4, 0.5) is 0 Å². The summed E-state index contributed by atoms with van der Waals surface area (Å²) in [6.07, 6.45) is 8.38.